The molecule has 5 nitrogen and oxygen atoms in total. The van der Waals surface area contributed by atoms with E-state index in [-0.39, 0.29) is 11.8 Å². The van der Waals surface area contributed by atoms with E-state index in [0.29, 0.717) is 18.5 Å². The Hall–Kier alpha value is -1.10. The molecule has 0 bridgehead atoms. The minimum Gasteiger partial charge on any atom is -0.342 e. The maximum atomic E-state index is 12.8. The third-order valence-electron chi connectivity index (χ3n) is 6.73. The standard InChI is InChI=1S/C21H37N3O2/c1-22(19-9-5-4-6-10-19)20(25)17-23-15-11-18(12-16-23)21(26)24-13-7-2-3-8-14-24/h18-19H,2-17H2,1H3. The van der Waals surface area contributed by atoms with Crippen molar-refractivity contribution in [3.8, 4) is 0 Å². The number of amides is 2. The van der Waals surface area contributed by atoms with E-state index >= 15 is 0 Å². The molecule has 3 fully saturated rings. The highest BCUT2D eigenvalue weighted by Gasteiger charge is 2.30. The second-order valence-electron chi connectivity index (χ2n) is 8.59. The van der Waals surface area contributed by atoms with E-state index in [4.69, 9.17) is 0 Å². The van der Waals surface area contributed by atoms with Gasteiger partial charge in [-0.3, -0.25) is 14.5 Å². The summed E-state index contributed by atoms with van der Waals surface area (Å²) in [6.45, 7) is 4.19. The summed E-state index contributed by atoms with van der Waals surface area (Å²) in [7, 11) is 1.98. The van der Waals surface area contributed by atoms with Gasteiger partial charge in [0.25, 0.3) is 0 Å². The quantitative estimate of drug-likeness (QED) is 0.771. The number of nitrogens with zero attached hydrogens (tertiary/aromatic N) is 3. The summed E-state index contributed by atoms with van der Waals surface area (Å²) in [6, 6.07) is 0.443. The molecule has 2 saturated heterocycles. The zero-order valence-corrected chi connectivity index (χ0v) is 16.6. The minimum absolute atomic E-state index is 0.176. The number of likely N-dealkylation sites (N-methyl/N-ethyl adjacent to an activating group) is 1. The minimum atomic E-state index is 0.176. The number of hydrogen-bond acceptors (Lipinski definition) is 3. The molecule has 5 heteroatoms. The van der Waals surface area contributed by atoms with Crippen molar-refractivity contribution in [1.82, 2.24) is 14.7 Å². The summed E-state index contributed by atoms with van der Waals surface area (Å²) in [4.78, 5) is 31.8. The lowest BCUT2D eigenvalue weighted by atomic mass is 9.94. The van der Waals surface area contributed by atoms with E-state index in [2.05, 4.69) is 9.80 Å². The monoisotopic (exact) mass is 363 g/mol. The Morgan fingerprint density at radius 1 is 0.808 bits per heavy atom. The van der Waals surface area contributed by atoms with E-state index in [1.54, 1.807) is 0 Å². The average Bonchev–Trinajstić information content (AvgIpc) is 2.97. The van der Waals surface area contributed by atoms with Crippen LogP contribution in [0.4, 0.5) is 0 Å². The van der Waals surface area contributed by atoms with Crippen LogP contribution in [0.25, 0.3) is 0 Å². The summed E-state index contributed by atoms with van der Waals surface area (Å²) >= 11 is 0. The zero-order chi connectivity index (χ0) is 18.4. The fraction of sp³-hybridized carbons (Fsp3) is 0.905. The van der Waals surface area contributed by atoms with Crippen molar-refractivity contribution in [1.29, 1.82) is 0 Å². The van der Waals surface area contributed by atoms with Crippen LogP contribution in [-0.2, 0) is 9.59 Å². The van der Waals surface area contributed by atoms with Crippen LogP contribution in [0.3, 0.4) is 0 Å². The van der Waals surface area contributed by atoms with Gasteiger partial charge in [-0.2, -0.15) is 0 Å². The largest absolute Gasteiger partial charge is 0.342 e. The second-order valence-corrected chi connectivity index (χ2v) is 8.59. The van der Waals surface area contributed by atoms with Crippen LogP contribution in [0.15, 0.2) is 0 Å². The summed E-state index contributed by atoms with van der Waals surface area (Å²) < 4.78 is 0. The van der Waals surface area contributed by atoms with E-state index in [1.807, 2.05) is 11.9 Å². The van der Waals surface area contributed by atoms with Gasteiger partial charge in [-0.05, 0) is 51.6 Å². The number of likely N-dealkylation sites (tertiary alicyclic amines) is 2. The van der Waals surface area contributed by atoms with Crippen molar-refractivity contribution in [2.75, 3.05) is 39.8 Å². The van der Waals surface area contributed by atoms with Crippen LogP contribution in [0.5, 0.6) is 0 Å². The van der Waals surface area contributed by atoms with Crippen molar-refractivity contribution in [3.05, 3.63) is 0 Å². The van der Waals surface area contributed by atoms with Crippen molar-refractivity contribution in [2.45, 2.75) is 76.7 Å². The second kappa shape index (κ2) is 9.72. The first-order valence-corrected chi connectivity index (χ1v) is 10.9. The molecule has 2 aliphatic heterocycles. The molecular formula is C21H37N3O2. The first-order valence-electron chi connectivity index (χ1n) is 10.9. The van der Waals surface area contributed by atoms with Crippen molar-refractivity contribution < 1.29 is 9.59 Å². The Morgan fingerprint density at radius 3 is 2.00 bits per heavy atom. The highest BCUT2D eigenvalue weighted by Crippen LogP contribution is 2.24. The average molecular weight is 364 g/mol. The molecular weight excluding hydrogens is 326 g/mol. The van der Waals surface area contributed by atoms with Gasteiger partial charge in [0.05, 0.1) is 6.54 Å². The Labute approximate surface area is 159 Å². The van der Waals surface area contributed by atoms with Crippen molar-refractivity contribution in [3.63, 3.8) is 0 Å². The zero-order valence-electron chi connectivity index (χ0n) is 16.6. The van der Waals surface area contributed by atoms with E-state index in [1.165, 1.54) is 32.1 Å². The highest BCUT2D eigenvalue weighted by atomic mass is 16.2. The van der Waals surface area contributed by atoms with Crippen LogP contribution < -0.4 is 0 Å². The van der Waals surface area contributed by atoms with Gasteiger partial charge in [-0.25, -0.2) is 0 Å². The molecule has 26 heavy (non-hydrogen) atoms. The van der Waals surface area contributed by atoms with Gasteiger partial charge < -0.3 is 9.80 Å². The van der Waals surface area contributed by atoms with Crippen LogP contribution in [0.1, 0.15) is 70.6 Å². The number of carbonyl (C=O) groups is 2. The highest BCUT2D eigenvalue weighted by molar-refractivity contribution is 5.79. The molecule has 0 N–H and O–H groups in total. The van der Waals surface area contributed by atoms with Gasteiger partial charge in [0.2, 0.25) is 11.8 Å². The first-order chi connectivity index (χ1) is 12.6. The van der Waals surface area contributed by atoms with Crippen LogP contribution in [0.2, 0.25) is 0 Å². The molecule has 0 spiro atoms. The van der Waals surface area contributed by atoms with Crippen molar-refractivity contribution >= 4 is 11.8 Å². The molecule has 2 amide bonds. The van der Waals surface area contributed by atoms with E-state index in [9.17, 15) is 9.59 Å². The lowest BCUT2D eigenvalue weighted by Crippen LogP contribution is -2.47. The number of carbonyl (C=O) groups excluding carboxylic acids is 2. The van der Waals surface area contributed by atoms with Gasteiger partial charge in [-0.15, -0.1) is 0 Å². The summed E-state index contributed by atoms with van der Waals surface area (Å²) in [5.41, 5.74) is 0. The Kier molecular flexibility index (Phi) is 7.35. The third kappa shape index (κ3) is 5.21. The fourth-order valence-corrected chi connectivity index (χ4v) is 4.86. The lowest BCUT2D eigenvalue weighted by molar-refractivity contribution is -0.137. The van der Waals surface area contributed by atoms with Gasteiger partial charge in [0.1, 0.15) is 0 Å². The molecule has 1 saturated carbocycles. The maximum Gasteiger partial charge on any atom is 0.236 e. The molecule has 0 radical (unpaired) electrons. The predicted octanol–water partition coefficient (Wildman–Crippen LogP) is 2.89. The SMILES string of the molecule is CN(C(=O)CN1CCC(C(=O)N2CCCCCC2)CC1)C1CCCCC1. The normalized spacial score (nSPS) is 24.3. The molecule has 0 aromatic carbocycles. The van der Waals surface area contributed by atoms with E-state index < -0.39 is 0 Å². The molecule has 3 rings (SSSR count). The van der Waals surface area contributed by atoms with Crippen LogP contribution in [-0.4, -0.2) is 72.3 Å². The molecule has 0 atom stereocenters. The lowest BCUT2D eigenvalue weighted by Gasteiger charge is -2.36. The predicted molar refractivity (Wildman–Crippen MR) is 104 cm³/mol. The molecule has 0 aromatic rings. The van der Waals surface area contributed by atoms with Gasteiger partial charge in [0.15, 0.2) is 0 Å². The van der Waals surface area contributed by atoms with Crippen LogP contribution in [0, 0.1) is 5.92 Å². The molecule has 0 aromatic heterocycles. The maximum absolute atomic E-state index is 12.8. The summed E-state index contributed by atoms with van der Waals surface area (Å²) in [5.74, 6) is 0.807. The molecule has 3 aliphatic rings. The molecule has 1 aliphatic carbocycles. The topological polar surface area (TPSA) is 43.9 Å². The van der Waals surface area contributed by atoms with Crippen molar-refractivity contribution in [2.24, 2.45) is 5.92 Å². The Bertz CT molecular complexity index is 460. The molecule has 148 valence electrons. The van der Waals surface area contributed by atoms with Crippen LogP contribution >= 0.6 is 0 Å². The summed E-state index contributed by atoms with van der Waals surface area (Å²) in [6.07, 6.45) is 12.8. The molecule has 2 heterocycles. The smallest absolute Gasteiger partial charge is 0.236 e. The molecule has 0 unspecified atom stereocenters. The van der Waals surface area contributed by atoms with E-state index in [0.717, 1.165) is 64.7 Å². The number of hydrogen-bond donors (Lipinski definition) is 0. The van der Waals surface area contributed by atoms with Gasteiger partial charge >= 0.3 is 0 Å². The van der Waals surface area contributed by atoms with Gasteiger partial charge in [-0.1, -0.05) is 32.1 Å². The fourth-order valence-electron chi connectivity index (χ4n) is 4.86. The summed E-state index contributed by atoms with van der Waals surface area (Å²) in [5, 5.41) is 0. The number of rotatable bonds is 4. The third-order valence-corrected chi connectivity index (χ3v) is 6.73. The Balaban J connectivity index is 1.41. The number of piperidine rings is 1. The Morgan fingerprint density at radius 2 is 1.38 bits per heavy atom. The first kappa shape index (κ1) is 19.7. The van der Waals surface area contributed by atoms with Gasteiger partial charge in [0, 0.05) is 32.1 Å².